The van der Waals surface area contributed by atoms with Crippen LogP contribution < -0.4 is 5.32 Å². The van der Waals surface area contributed by atoms with E-state index in [0.29, 0.717) is 5.92 Å². The summed E-state index contributed by atoms with van der Waals surface area (Å²) in [6.07, 6.45) is 1.82. The molecule has 0 aliphatic heterocycles. The smallest absolute Gasteiger partial charge is 0.126 e. The Morgan fingerprint density at radius 2 is 2.14 bits per heavy atom. The van der Waals surface area contributed by atoms with Crippen LogP contribution in [0.25, 0.3) is 0 Å². The summed E-state index contributed by atoms with van der Waals surface area (Å²) in [7, 11) is 0. The zero-order valence-electron chi connectivity index (χ0n) is 8.99. The Morgan fingerprint density at radius 3 is 2.57 bits per heavy atom. The van der Waals surface area contributed by atoms with Gasteiger partial charge in [-0.3, -0.25) is 0 Å². The number of aliphatic hydroxyl groups is 1. The van der Waals surface area contributed by atoms with E-state index in [-0.39, 0.29) is 12.6 Å². The number of hydrogen-bond acceptors (Lipinski definition) is 3. The standard InChI is InChI=1S/C11H18N2O/c1-8(2)10(7-14)13-11-5-4-9(3)6-12-11/h4-6,8,10,14H,7H2,1-3H3,(H,12,13). The maximum Gasteiger partial charge on any atom is 0.126 e. The molecule has 0 saturated heterocycles. The number of nitrogens with zero attached hydrogens (tertiary/aromatic N) is 1. The molecule has 0 aromatic carbocycles. The Kier molecular flexibility index (Phi) is 3.89. The van der Waals surface area contributed by atoms with Crippen molar-refractivity contribution in [3.8, 4) is 0 Å². The fourth-order valence-corrected chi connectivity index (χ4v) is 1.17. The Hall–Kier alpha value is -1.09. The third kappa shape index (κ3) is 3.00. The van der Waals surface area contributed by atoms with Gasteiger partial charge in [0.05, 0.1) is 12.6 Å². The second-order valence-electron chi connectivity index (χ2n) is 3.90. The van der Waals surface area contributed by atoms with Crippen molar-refractivity contribution in [2.24, 2.45) is 5.92 Å². The average molecular weight is 194 g/mol. The molecule has 0 spiro atoms. The highest BCUT2D eigenvalue weighted by Gasteiger charge is 2.11. The van der Waals surface area contributed by atoms with E-state index in [4.69, 9.17) is 5.11 Å². The van der Waals surface area contributed by atoms with E-state index in [1.807, 2.05) is 25.3 Å². The van der Waals surface area contributed by atoms with Gasteiger partial charge in [-0.1, -0.05) is 19.9 Å². The summed E-state index contributed by atoms with van der Waals surface area (Å²) in [6.45, 7) is 6.28. The number of aromatic nitrogens is 1. The van der Waals surface area contributed by atoms with Crippen molar-refractivity contribution in [2.75, 3.05) is 11.9 Å². The predicted octanol–water partition coefficient (Wildman–Crippen LogP) is 1.82. The van der Waals surface area contributed by atoms with Crippen LogP contribution in [0.3, 0.4) is 0 Å². The van der Waals surface area contributed by atoms with Crippen LogP contribution in [-0.2, 0) is 0 Å². The number of aryl methyl sites for hydroxylation is 1. The summed E-state index contributed by atoms with van der Waals surface area (Å²) in [5.41, 5.74) is 1.14. The molecule has 1 aromatic heterocycles. The molecule has 2 N–H and O–H groups in total. The van der Waals surface area contributed by atoms with Gasteiger partial charge in [-0.25, -0.2) is 4.98 Å². The molecule has 3 nitrogen and oxygen atoms in total. The zero-order valence-corrected chi connectivity index (χ0v) is 8.99. The van der Waals surface area contributed by atoms with Crippen molar-refractivity contribution in [3.05, 3.63) is 23.9 Å². The van der Waals surface area contributed by atoms with Gasteiger partial charge in [0.1, 0.15) is 5.82 Å². The first-order valence-corrected chi connectivity index (χ1v) is 4.93. The fourth-order valence-electron chi connectivity index (χ4n) is 1.17. The lowest BCUT2D eigenvalue weighted by Gasteiger charge is -2.20. The summed E-state index contributed by atoms with van der Waals surface area (Å²) >= 11 is 0. The molecule has 3 heteroatoms. The number of nitrogens with one attached hydrogen (secondary N) is 1. The first-order chi connectivity index (χ1) is 6.63. The Labute approximate surface area is 85.2 Å². The van der Waals surface area contributed by atoms with Crippen molar-refractivity contribution >= 4 is 5.82 Å². The maximum absolute atomic E-state index is 9.12. The molecular weight excluding hydrogens is 176 g/mol. The minimum Gasteiger partial charge on any atom is -0.394 e. The molecule has 0 aliphatic rings. The van der Waals surface area contributed by atoms with Crippen molar-refractivity contribution in [1.29, 1.82) is 0 Å². The monoisotopic (exact) mass is 194 g/mol. The molecule has 0 saturated carbocycles. The predicted molar refractivity (Wildman–Crippen MR) is 58.3 cm³/mol. The van der Waals surface area contributed by atoms with Gasteiger partial charge in [0.2, 0.25) is 0 Å². The maximum atomic E-state index is 9.12. The van der Waals surface area contributed by atoms with Crippen LogP contribution in [0.5, 0.6) is 0 Å². The third-order valence-electron chi connectivity index (χ3n) is 2.25. The third-order valence-corrected chi connectivity index (χ3v) is 2.25. The Balaban J connectivity index is 2.63. The molecule has 1 aromatic rings. The van der Waals surface area contributed by atoms with Gasteiger partial charge in [-0.15, -0.1) is 0 Å². The van der Waals surface area contributed by atoms with Gasteiger partial charge >= 0.3 is 0 Å². The van der Waals surface area contributed by atoms with Gasteiger partial charge in [0.25, 0.3) is 0 Å². The Morgan fingerprint density at radius 1 is 1.43 bits per heavy atom. The molecule has 0 fully saturated rings. The number of rotatable bonds is 4. The lowest BCUT2D eigenvalue weighted by molar-refractivity contribution is 0.249. The van der Waals surface area contributed by atoms with E-state index < -0.39 is 0 Å². The molecule has 1 rings (SSSR count). The minimum atomic E-state index is 0.0743. The van der Waals surface area contributed by atoms with Crippen LogP contribution in [0, 0.1) is 12.8 Å². The topological polar surface area (TPSA) is 45.1 Å². The molecule has 1 atom stereocenters. The first kappa shape index (κ1) is 11.0. The van der Waals surface area contributed by atoms with Crippen LogP contribution in [0.15, 0.2) is 18.3 Å². The number of pyridine rings is 1. The van der Waals surface area contributed by atoms with E-state index in [2.05, 4.69) is 24.1 Å². The molecule has 0 radical (unpaired) electrons. The van der Waals surface area contributed by atoms with Gasteiger partial charge in [-0.05, 0) is 24.5 Å². The average Bonchev–Trinajstić information content (AvgIpc) is 2.16. The van der Waals surface area contributed by atoms with E-state index in [9.17, 15) is 0 Å². The number of aliphatic hydroxyl groups excluding tert-OH is 1. The number of hydrogen-bond donors (Lipinski definition) is 2. The molecule has 1 unspecified atom stereocenters. The molecule has 0 bridgehead atoms. The normalized spacial score (nSPS) is 12.9. The summed E-state index contributed by atoms with van der Waals surface area (Å²) in [5.74, 6) is 1.21. The quantitative estimate of drug-likeness (QED) is 0.768. The zero-order chi connectivity index (χ0) is 10.6. The highest BCUT2D eigenvalue weighted by molar-refractivity contribution is 5.36. The minimum absolute atomic E-state index is 0.0743. The Bertz CT molecular complexity index is 269. The molecule has 0 amide bonds. The van der Waals surface area contributed by atoms with Gasteiger partial charge in [0.15, 0.2) is 0 Å². The van der Waals surface area contributed by atoms with Crippen LogP contribution >= 0.6 is 0 Å². The summed E-state index contributed by atoms with van der Waals surface area (Å²) < 4.78 is 0. The summed E-state index contributed by atoms with van der Waals surface area (Å²) in [5, 5.41) is 12.3. The van der Waals surface area contributed by atoms with Gasteiger partial charge in [0, 0.05) is 6.20 Å². The van der Waals surface area contributed by atoms with Crippen LogP contribution in [-0.4, -0.2) is 22.7 Å². The number of anilines is 1. The second-order valence-corrected chi connectivity index (χ2v) is 3.90. The summed E-state index contributed by atoms with van der Waals surface area (Å²) in [4.78, 5) is 4.23. The van der Waals surface area contributed by atoms with Gasteiger partial charge < -0.3 is 10.4 Å². The van der Waals surface area contributed by atoms with Crippen molar-refractivity contribution in [3.63, 3.8) is 0 Å². The van der Waals surface area contributed by atoms with Crippen molar-refractivity contribution in [1.82, 2.24) is 4.98 Å². The lowest BCUT2D eigenvalue weighted by atomic mass is 10.1. The highest BCUT2D eigenvalue weighted by Crippen LogP contribution is 2.10. The molecule has 0 aliphatic carbocycles. The van der Waals surface area contributed by atoms with Crippen LogP contribution in [0.4, 0.5) is 5.82 Å². The summed E-state index contributed by atoms with van der Waals surface area (Å²) in [6, 6.07) is 4.01. The molecule has 78 valence electrons. The van der Waals surface area contributed by atoms with Crippen molar-refractivity contribution in [2.45, 2.75) is 26.8 Å². The molecular formula is C11H18N2O. The molecule has 1 heterocycles. The van der Waals surface area contributed by atoms with Crippen LogP contribution in [0.1, 0.15) is 19.4 Å². The first-order valence-electron chi connectivity index (χ1n) is 4.93. The second kappa shape index (κ2) is 4.96. The van der Waals surface area contributed by atoms with E-state index in [1.165, 1.54) is 0 Å². The largest absolute Gasteiger partial charge is 0.394 e. The van der Waals surface area contributed by atoms with Crippen molar-refractivity contribution < 1.29 is 5.11 Å². The van der Waals surface area contributed by atoms with E-state index in [0.717, 1.165) is 11.4 Å². The van der Waals surface area contributed by atoms with Crippen LogP contribution in [0.2, 0.25) is 0 Å². The SMILES string of the molecule is Cc1ccc(NC(CO)C(C)C)nc1. The molecule has 14 heavy (non-hydrogen) atoms. The highest BCUT2D eigenvalue weighted by atomic mass is 16.3. The fraction of sp³-hybridized carbons (Fsp3) is 0.545. The lowest BCUT2D eigenvalue weighted by Crippen LogP contribution is -2.29. The van der Waals surface area contributed by atoms with E-state index in [1.54, 1.807) is 0 Å². The van der Waals surface area contributed by atoms with Gasteiger partial charge in [-0.2, -0.15) is 0 Å². The van der Waals surface area contributed by atoms with E-state index >= 15 is 0 Å².